The molecular weight excluding hydrogens is 426 g/mol. The first-order valence-electron chi connectivity index (χ1n) is 11.1. The van der Waals surface area contributed by atoms with Crippen LogP contribution in [0.25, 0.3) is 17.0 Å². The summed E-state index contributed by atoms with van der Waals surface area (Å²) in [5.41, 5.74) is 2.46. The number of benzene rings is 1. The van der Waals surface area contributed by atoms with Crippen molar-refractivity contribution in [1.82, 2.24) is 9.47 Å². The Bertz CT molecular complexity index is 1110. The van der Waals surface area contributed by atoms with E-state index < -0.39 is 0 Å². The molecular formula is C24H29N3O2S2. The minimum atomic E-state index is -0.0936. The number of amides is 1. The Balaban J connectivity index is 1.92. The van der Waals surface area contributed by atoms with Crippen LogP contribution in [-0.4, -0.2) is 39.3 Å². The van der Waals surface area contributed by atoms with Crippen LogP contribution >= 0.6 is 24.0 Å². The van der Waals surface area contributed by atoms with E-state index >= 15 is 0 Å². The Labute approximate surface area is 193 Å². The van der Waals surface area contributed by atoms with Gasteiger partial charge in [0.05, 0.1) is 21.7 Å². The molecule has 0 N–H and O–H groups in total. The van der Waals surface area contributed by atoms with Crippen LogP contribution in [0.1, 0.15) is 45.6 Å². The van der Waals surface area contributed by atoms with Gasteiger partial charge in [0.25, 0.3) is 11.5 Å². The summed E-state index contributed by atoms with van der Waals surface area (Å²) in [6.07, 6.45) is 5.23. The zero-order chi connectivity index (χ0) is 22.1. The van der Waals surface area contributed by atoms with Crippen molar-refractivity contribution in [3.63, 3.8) is 0 Å². The first kappa shape index (κ1) is 22.1. The Morgan fingerprint density at radius 2 is 1.84 bits per heavy atom. The van der Waals surface area contributed by atoms with E-state index in [-0.39, 0.29) is 11.5 Å². The van der Waals surface area contributed by atoms with Gasteiger partial charge in [-0.3, -0.25) is 14.5 Å². The zero-order valence-corrected chi connectivity index (χ0v) is 20.0. The third-order valence-electron chi connectivity index (χ3n) is 5.87. The highest BCUT2D eigenvalue weighted by Crippen LogP contribution is 2.37. The van der Waals surface area contributed by atoms with Gasteiger partial charge < -0.3 is 9.47 Å². The number of hydrogen-bond donors (Lipinski definition) is 0. The predicted molar refractivity (Wildman–Crippen MR) is 135 cm³/mol. The Morgan fingerprint density at radius 1 is 1.13 bits per heavy atom. The maximum absolute atomic E-state index is 13.6. The molecule has 4 rings (SSSR count). The van der Waals surface area contributed by atoms with Gasteiger partial charge in [0.1, 0.15) is 4.32 Å². The van der Waals surface area contributed by atoms with Crippen molar-refractivity contribution in [1.29, 1.82) is 0 Å². The monoisotopic (exact) mass is 455 g/mol. The largest absolute Gasteiger partial charge is 0.370 e. The fourth-order valence-electron chi connectivity index (χ4n) is 4.47. The van der Waals surface area contributed by atoms with Crippen molar-refractivity contribution < 1.29 is 4.79 Å². The fourth-order valence-corrected chi connectivity index (χ4v) is 5.72. The van der Waals surface area contributed by atoms with E-state index in [0.29, 0.717) is 33.8 Å². The standard InChI is InChI=1S/C24H29N3O2S2/c1-4-26-19-11-7-6-10-17(19)21(25-12-8-5-9-13-25)18(22(26)28)14-20-23(29)27(15-16(2)3)24(30)31-20/h6-7,10-11,14,16H,4-5,8-9,12-13,15H2,1-3H3. The molecule has 2 aromatic rings. The molecule has 0 unspecified atom stereocenters. The van der Waals surface area contributed by atoms with Crippen LogP contribution in [0.5, 0.6) is 0 Å². The van der Waals surface area contributed by atoms with E-state index in [0.717, 1.165) is 42.5 Å². The van der Waals surface area contributed by atoms with Crippen molar-refractivity contribution >= 4 is 56.9 Å². The number of aryl methyl sites for hydroxylation is 1. The van der Waals surface area contributed by atoms with Crippen LogP contribution in [0.3, 0.4) is 0 Å². The number of piperidine rings is 1. The fraction of sp³-hybridized carbons (Fsp3) is 0.458. The molecule has 1 aromatic heterocycles. The maximum Gasteiger partial charge on any atom is 0.266 e. The molecule has 2 aliphatic rings. The van der Waals surface area contributed by atoms with Gasteiger partial charge in [-0.05, 0) is 44.2 Å². The van der Waals surface area contributed by atoms with Crippen LogP contribution in [0, 0.1) is 5.92 Å². The van der Waals surface area contributed by atoms with Gasteiger partial charge in [0, 0.05) is 31.6 Å². The highest BCUT2D eigenvalue weighted by Gasteiger charge is 2.33. The molecule has 1 aromatic carbocycles. The number of rotatable bonds is 5. The lowest BCUT2D eigenvalue weighted by Crippen LogP contribution is -2.34. The normalized spacial score (nSPS) is 18.8. The second kappa shape index (κ2) is 9.17. The zero-order valence-electron chi connectivity index (χ0n) is 18.4. The smallest absolute Gasteiger partial charge is 0.266 e. The lowest BCUT2D eigenvalue weighted by Gasteiger charge is -2.31. The number of carbonyl (C=O) groups excluding carboxylic acids is 1. The molecule has 0 atom stereocenters. The molecule has 7 heteroatoms. The number of para-hydroxylation sites is 1. The molecule has 31 heavy (non-hydrogen) atoms. The summed E-state index contributed by atoms with van der Waals surface area (Å²) in [6, 6.07) is 8.10. The number of thiocarbonyl (C=S) groups is 1. The average molecular weight is 456 g/mol. The molecule has 3 heterocycles. The van der Waals surface area contributed by atoms with E-state index in [1.54, 1.807) is 11.0 Å². The number of pyridine rings is 1. The van der Waals surface area contributed by atoms with E-state index in [9.17, 15) is 9.59 Å². The van der Waals surface area contributed by atoms with Crippen molar-refractivity contribution in [3.05, 3.63) is 45.1 Å². The van der Waals surface area contributed by atoms with Gasteiger partial charge in [-0.25, -0.2) is 0 Å². The molecule has 0 radical (unpaired) electrons. The number of nitrogens with zero attached hydrogens (tertiary/aromatic N) is 3. The second-order valence-electron chi connectivity index (χ2n) is 8.56. The second-order valence-corrected chi connectivity index (χ2v) is 10.2. The predicted octanol–water partition coefficient (Wildman–Crippen LogP) is 4.87. The van der Waals surface area contributed by atoms with Crippen molar-refractivity contribution in [2.24, 2.45) is 5.92 Å². The number of carbonyl (C=O) groups is 1. The molecule has 5 nitrogen and oxygen atoms in total. The van der Waals surface area contributed by atoms with Gasteiger partial charge >= 0.3 is 0 Å². The van der Waals surface area contributed by atoms with Crippen LogP contribution in [0.2, 0.25) is 0 Å². The molecule has 0 saturated carbocycles. The number of fused-ring (bicyclic) bond motifs is 1. The topological polar surface area (TPSA) is 45.6 Å². The lowest BCUT2D eigenvalue weighted by molar-refractivity contribution is -0.122. The van der Waals surface area contributed by atoms with Crippen molar-refractivity contribution in [3.8, 4) is 0 Å². The lowest BCUT2D eigenvalue weighted by atomic mass is 10.0. The van der Waals surface area contributed by atoms with Gasteiger partial charge in [-0.2, -0.15) is 0 Å². The highest BCUT2D eigenvalue weighted by atomic mass is 32.2. The Morgan fingerprint density at radius 3 is 2.52 bits per heavy atom. The van der Waals surface area contributed by atoms with Crippen molar-refractivity contribution in [2.75, 3.05) is 24.5 Å². The van der Waals surface area contributed by atoms with E-state index in [4.69, 9.17) is 12.2 Å². The minimum Gasteiger partial charge on any atom is -0.370 e. The van der Waals surface area contributed by atoms with E-state index in [2.05, 4.69) is 24.8 Å². The first-order valence-corrected chi connectivity index (χ1v) is 12.3. The maximum atomic E-state index is 13.6. The molecule has 1 amide bonds. The number of anilines is 1. The number of thioether (sulfide) groups is 1. The molecule has 0 spiro atoms. The molecule has 0 aliphatic carbocycles. The highest BCUT2D eigenvalue weighted by molar-refractivity contribution is 8.26. The molecule has 2 saturated heterocycles. The van der Waals surface area contributed by atoms with Crippen LogP contribution in [-0.2, 0) is 11.3 Å². The SMILES string of the molecule is CCn1c(=O)c(C=C2SC(=S)N(CC(C)C)C2=O)c(N2CCCCC2)c2ccccc21. The average Bonchev–Trinajstić information content (AvgIpc) is 3.02. The molecule has 0 bridgehead atoms. The molecule has 2 fully saturated rings. The van der Waals surface area contributed by atoms with E-state index in [1.165, 1.54) is 18.2 Å². The summed E-state index contributed by atoms with van der Waals surface area (Å²) in [6.45, 7) is 9.15. The Hall–Kier alpha value is -2.12. The van der Waals surface area contributed by atoms with Gasteiger partial charge in [0.15, 0.2) is 0 Å². The first-order chi connectivity index (χ1) is 14.9. The Kier molecular flexibility index (Phi) is 6.53. The van der Waals surface area contributed by atoms with Gasteiger partial charge in [-0.1, -0.05) is 56.0 Å². The third kappa shape index (κ3) is 4.17. The number of hydrogen-bond acceptors (Lipinski definition) is 5. The summed E-state index contributed by atoms with van der Waals surface area (Å²) in [5.74, 6) is 0.229. The summed E-state index contributed by atoms with van der Waals surface area (Å²) in [4.78, 5) is 31.3. The summed E-state index contributed by atoms with van der Waals surface area (Å²) in [5, 5.41) is 1.06. The van der Waals surface area contributed by atoms with Crippen LogP contribution in [0.15, 0.2) is 34.0 Å². The molecule has 2 aliphatic heterocycles. The summed E-state index contributed by atoms with van der Waals surface area (Å²) >= 11 is 6.78. The van der Waals surface area contributed by atoms with Gasteiger partial charge in [0.2, 0.25) is 0 Å². The third-order valence-corrected chi connectivity index (χ3v) is 7.24. The van der Waals surface area contributed by atoms with Gasteiger partial charge in [-0.15, -0.1) is 0 Å². The molecule has 164 valence electrons. The van der Waals surface area contributed by atoms with E-state index in [1.807, 2.05) is 29.7 Å². The number of aromatic nitrogens is 1. The van der Waals surface area contributed by atoms with Crippen LogP contribution < -0.4 is 10.5 Å². The summed E-state index contributed by atoms with van der Waals surface area (Å²) in [7, 11) is 0. The minimum absolute atomic E-state index is 0.0455. The van der Waals surface area contributed by atoms with Crippen LogP contribution in [0.4, 0.5) is 5.69 Å². The quantitative estimate of drug-likeness (QED) is 0.475. The summed E-state index contributed by atoms with van der Waals surface area (Å²) < 4.78 is 2.38. The van der Waals surface area contributed by atoms with Crippen molar-refractivity contribution in [2.45, 2.75) is 46.6 Å².